The molecule has 1 aliphatic heterocycles. The monoisotopic (exact) mass is 383 g/mol. The van der Waals surface area contributed by atoms with Crippen LogP contribution in [0.1, 0.15) is 50.4 Å². The van der Waals surface area contributed by atoms with Crippen LogP contribution in [0.15, 0.2) is 30.5 Å². The van der Waals surface area contributed by atoms with Gasteiger partial charge in [-0.05, 0) is 59.2 Å². The van der Waals surface area contributed by atoms with Gasteiger partial charge in [-0.15, -0.1) is 0 Å². The molecule has 1 fully saturated rings. The van der Waals surface area contributed by atoms with Crippen LogP contribution in [-0.2, 0) is 11.3 Å². The number of Topliss-reactive ketones (excluding diaryl/α,β-unsaturated/α-hetero) is 1. The van der Waals surface area contributed by atoms with Crippen LogP contribution in [0.2, 0.25) is 0 Å². The Balaban J connectivity index is 1.59. The number of piperidine rings is 1. The normalized spacial score (nSPS) is 17.8. The molecular formula is C23H33N3O2. The molecule has 0 N–H and O–H groups in total. The lowest BCUT2D eigenvalue weighted by atomic mass is 9.96. The summed E-state index contributed by atoms with van der Waals surface area (Å²) in [5.74, 6) is 0.575. The van der Waals surface area contributed by atoms with Crippen LogP contribution in [0.25, 0.3) is 10.9 Å². The fourth-order valence-electron chi connectivity index (χ4n) is 4.43. The Morgan fingerprint density at radius 1 is 1.14 bits per heavy atom. The maximum atomic E-state index is 12.7. The van der Waals surface area contributed by atoms with E-state index >= 15 is 0 Å². The minimum absolute atomic E-state index is 0.115. The van der Waals surface area contributed by atoms with E-state index in [1.807, 2.05) is 29.3 Å². The highest BCUT2D eigenvalue weighted by Gasteiger charge is 2.28. The van der Waals surface area contributed by atoms with Crippen molar-refractivity contribution in [3.63, 3.8) is 0 Å². The number of rotatable bonds is 8. The Hall–Kier alpha value is -2.14. The molecule has 0 radical (unpaired) electrons. The summed E-state index contributed by atoms with van der Waals surface area (Å²) in [4.78, 5) is 29.0. The molecule has 1 atom stereocenters. The van der Waals surface area contributed by atoms with Crippen molar-refractivity contribution in [1.82, 2.24) is 14.4 Å². The van der Waals surface area contributed by atoms with Crippen molar-refractivity contribution in [1.29, 1.82) is 0 Å². The molecule has 1 aromatic heterocycles. The highest BCUT2D eigenvalue weighted by atomic mass is 16.2. The van der Waals surface area contributed by atoms with E-state index < -0.39 is 0 Å². The van der Waals surface area contributed by atoms with Gasteiger partial charge in [-0.3, -0.25) is 9.59 Å². The van der Waals surface area contributed by atoms with E-state index in [1.165, 1.54) is 0 Å². The van der Waals surface area contributed by atoms with Crippen molar-refractivity contribution in [2.75, 3.05) is 32.7 Å². The number of benzene rings is 1. The van der Waals surface area contributed by atoms with E-state index in [4.69, 9.17) is 0 Å². The molecule has 2 heterocycles. The van der Waals surface area contributed by atoms with Crippen molar-refractivity contribution in [2.24, 2.45) is 5.92 Å². The third-order valence-corrected chi connectivity index (χ3v) is 5.97. The summed E-state index contributed by atoms with van der Waals surface area (Å²) in [6, 6.07) is 8.12. The number of carbonyl (C=O) groups excluding carboxylic acids is 2. The standard InChI is InChI=1S/C23H33N3O2/c1-4-25(5-2)23(28)19-10-8-13-24(16-19)14-9-15-26-17-21(18(3)27)20-11-6-7-12-22(20)26/h6-7,11-12,17,19H,4-5,8-10,13-16H2,1-3H3. The van der Waals surface area contributed by atoms with Crippen LogP contribution in [-0.4, -0.2) is 58.8 Å². The predicted octanol–water partition coefficient (Wildman–Crippen LogP) is 3.81. The lowest BCUT2D eigenvalue weighted by molar-refractivity contribution is -0.137. The van der Waals surface area contributed by atoms with Gasteiger partial charge in [0.25, 0.3) is 0 Å². The Morgan fingerprint density at radius 2 is 1.89 bits per heavy atom. The first-order chi connectivity index (χ1) is 13.5. The molecule has 2 aromatic rings. The van der Waals surface area contributed by atoms with E-state index in [1.54, 1.807) is 6.92 Å². The summed E-state index contributed by atoms with van der Waals surface area (Å²) >= 11 is 0. The number of likely N-dealkylation sites (tertiary alicyclic amines) is 1. The highest BCUT2D eigenvalue weighted by Crippen LogP contribution is 2.23. The summed E-state index contributed by atoms with van der Waals surface area (Å²) in [6.45, 7) is 11.2. The number of carbonyl (C=O) groups is 2. The molecule has 1 aromatic carbocycles. The van der Waals surface area contributed by atoms with Gasteiger partial charge in [0.05, 0.1) is 5.92 Å². The number of amides is 1. The van der Waals surface area contributed by atoms with Gasteiger partial charge in [-0.1, -0.05) is 18.2 Å². The summed E-state index contributed by atoms with van der Waals surface area (Å²) in [5, 5.41) is 1.04. The van der Waals surface area contributed by atoms with Crippen LogP contribution in [0, 0.1) is 5.92 Å². The van der Waals surface area contributed by atoms with Crippen molar-refractivity contribution < 1.29 is 9.59 Å². The summed E-state index contributed by atoms with van der Waals surface area (Å²) < 4.78 is 2.20. The minimum atomic E-state index is 0.115. The average molecular weight is 384 g/mol. The van der Waals surface area contributed by atoms with Crippen LogP contribution >= 0.6 is 0 Å². The first-order valence-corrected chi connectivity index (χ1v) is 10.6. The summed E-state index contributed by atoms with van der Waals surface area (Å²) in [7, 11) is 0. The van der Waals surface area contributed by atoms with Gasteiger partial charge in [0.1, 0.15) is 0 Å². The molecule has 1 saturated heterocycles. The number of nitrogens with zero attached hydrogens (tertiary/aromatic N) is 3. The third-order valence-electron chi connectivity index (χ3n) is 5.97. The predicted molar refractivity (Wildman–Crippen MR) is 114 cm³/mol. The first-order valence-electron chi connectivity index (χ1n) is 10.6. The second kappa shape index (κ2) is 9.37. The molecule has 152 valence electrons. The van der Waals surface area contributed by atoms with E-state index in [-0.39, 0.29) is 11.7 Å². The van der Waals surface area contributed by atoms with Crippen LogP contribution in [0.5, 0.6) is 0 Å². The number of hydrogen-bond donors (Lipinski definition) is 0. The topological polar surface area (TPSA) is 45.6 Å². The molecule has 5 heteroatoms. The zero-order chi connectivity index (χ0) is 20.1. The van der Waals surface area contributed by atoms with E-state index in [2.05, 4.69) is 29.4 Å². The van der Waals surface area contributed by atoms with Gasteiger partial charge in [-0.2, -0.15) is 0 Å². The van der Waals surface area contributed by atoms with Crippen molar-refractivity contribution in [2.45, 2.75) is 46.6 Å². The molecular weight excluding hydrogens is 350 g/mol. The van der Waals surface area contributed by atoms with Crippen molar-refractivity contribution >= 4 is 22.6 Å². The van der Waals surface area contributed by atoms with Crippen LogP contribution in [0.3, 0.4) is 0 Å². The molecule has 5 nitrogen and oxygen atoms in total. The Labute approximate surface area is 168 Å². The van der Waals surface area contributed by atoms with Gasteiger partial charge >= 0.3 is 0 Å². The lowest BCUT2D eigenvalue weighted by Gasteiger charge is -2.34. The fraction of sp³-hybridized carbons (Fsp3) is 0.565. The smallest absolute Gasteiger partial charge is 0.226 e. The summed E-state index contributed by atoms with van der Waals surface area (Å²) in [6.07, 6.45) is 5.12. The number of aromatic nitrogens is 1. The maximum Gasteiger partial charge on any atom is 0.226 e. The lowest BCUT2D eigenvalue weighted by Crippen LogP contribution is -2.45. The number of aryl methyl sites for hydroxylation is 1. The largest absolute Gasteiger partial charge is 0.347 e. The number of ketones is 1. The van der Waals surface area contributed by atoms with Crippen LogP contribution in [0.4, 0.5) is 0 Å². The molecule has 0 bridgehead atoms. The minimum Gasteiger partial charge on any atom is -0.347 e. The van der Waals surface area contributed by atoms with Gasteiger partial charge in [-0.25, -0.2) is 0 Å². The number of hydrogen-bond acceptors (Lipinski definition) is 3. The van der Waals surface area contributed by atoms with Crippen molar-refractivity contribution in [3.05, 3.63) is 36.0 Å². The molecule has 28 heavy (non-hydrogen) atoms. The second-order valence-corrected chi connectivity index (χ2v) is 7.81. The van der Waals surface area contributed by atoms with E-state index in [0.29, 0.717) is 5.91 Å². The zero-order valence-corrected chi connectivity index (χ0v) is 17.5. The second-order valence-electron chi connectivity index (χ2n) is 7.81. The molecule has 0 spiro atoms. The molecule has 1 amide bonds. The van der Waals surface area contributed by atoms with Crippen LogP contribution < -0.4 is 0 Å². The first kappa shape index (κ1) is 20.6. The Kier molecular flexibility index (Phi) is 6.89. The Morgan fingerprint density at radius 3 is 2.61 bits per heavy atom. The zero-order valence-electron chi connectivity index (χ0n) is 17.5. The van der Waals surface area contributed by atoms with Gasteiger partial charge in [0.2, 0.25) is 5.91 Å². The Bertz CT molecular complexity index is 822. The molecule has 1 unspecified atom stereocenters. The molecule has 1 aliphatic rings. The SMILES string of the molecule is CCN(CC)C(=O)C1CCCN(CCCn2cc(C(C)=O)c3ccccc32)C1. The van der Waals surface area contributed by atoms with Gasteiger partial charge < -0.3 is 14.4 Å². The molecule has 0 saturated carbocycles. The number of fused-ring (bicyclic) bond motifs is 1. The maximum absolute atomic E-state index is 12.7. The third kappa shape index (κ3) is 4.46. The van der Waals surface area contributed by atoms with Crippen molar-refractivity contribution in [3.8, 4) is 0 Å². The van der Waals surface area contributed by atoms with E-state index in [0.717, 1.165) is 75.0 Å². The van der Waals surface area contributed by atoms with Gasteiger partial charge in [0.15, 0.2) is 5.78 Å². The number of para-hydroxylation sites is 1. The van der Waals surface area contributed by atoms with Gasteiger partial charge in [0, 0.05) is 48.8 Å². The fourth-order valence-corrected chi connectivity index (χ4v) is 4.43. The quantitative estimate of drug-likeness (QED) is 0.651. The molecule has 3 rings (SSSR count). The van der Waals surface area contributed by atoms with E-state index in [9.17, 15) is 9.59 Å². The average Bonchev–Trinajstić information content (AvgIpc) is 3.08. The molecule has 0 aliphatic carbocycles. The highest BCUT2D eigenvalue weighted by molar-refractivity contribution is 6.06. The summed E-state index contributed by atoms with van der Waals surface area (Å²) in [5.41, 5.74) is 1.93.